The summed E-state index contributed by atoms with van der Waals surface area (Å²) in [6.45, 7) is 6.27. The Morgan fingerprint density at radius 1 is 0.783 bits per heavy atom. The number of methoxy groups -OCH3 is 1. The first-order valence-corrected chi connectivity index (χ1v) is 7.32. The number of carbonyl (C=O) groups excluding carboxylic acids is 2. The van der Waals surface area contributed by atoms with Crippen molar-refractivity contribution in [1.29, 1.82) is 0 Å². The van der Waals surface area contributed by atoms with E-state index in [-0.39, 0.29) is 5.41 Å². The van der Waals surface area contributed by atoms with Crippen LogP contribution < -0.4 is 4.74 Å². The summed E-state index contributed by atoms with van der Waals surface area (Å²) in [5.41, 5.74) is 1.75. The minimum absolute atomic E-state index is 0.00134. The van der Waals surface area contributed by atoms with Gasteiger partial charge >= 0.3 is 11.9 Å². The van der Waals surface area contributed by atoms with Gasteiger partial charge in [-0.05, 0) is 47.4 Å². The number of hydrogen-bond donors (Lipinski definition) is 0. The van der Waals surface area contributed by atoms with E-state index in [1.54, 1.807) is 36.4 Å². The van der Waals surface area contributed by atoms with Gasteiger partial charge in [0.2, 0.25) is 0 Å². The molecule has 4 nitrogen and oxygen atoms in total. The predicted octanol–water partition coefficient (Wildman–Crippen LogP) is 3.99. The van der Waals surface area contributed by atoms with Crippen LogP contribution in [0.4, 0.5) is 0 Å². The largest absolute Gasteiger partial charge is 0.497 e. The van der Waals surface area contributed by atoms with E-state index in [0.717, 1.165) is 5.56 Å². The van der Waals surface area contributed by atoms with E-state index in [0.29, 0.717) is 16.9 Å². The van der Waals surface area contributed by atoms with Crippen LogP contribution in [0, 0.1) is 0 Å². The van der Waals surface area contributed by atoms with Crippen LogP contribution in [-0.4, -0.2) is 19.0 Å². The van der Waals surface area contributed by atoms with Gasteiger partial charge in [0.25, 0.3) is 0 Å². The maximum atomic E-state index is 12.0. The molecule has 120 valence electrons. The zero-order valence-electron chi connectivity index (χ0n) is 13.8. The monoisotopic (exact) mass is 312 g/mol. The molecular weight excluding hydrogens is 292 g/mol. The standard InChI is InChI=1S/C19H20O4/c1-19(2,3)15-9-5-13(6-10-15)17(20)23-18(21)14-7-11-16(22-4)12-8-14/h5-12H,1-4H3. The molecule has 0 bridgehead atoms. The van der Waals surface area contributed by atoms with E-state index in [2.05, 4.69) is 20.8 Å². The molecule has 0 aliphatic rings. The highest BCUT2D eigenvalue weighted by Crippen LogP contribution is 2.22. The van der Waals surface area contributed by atoms with Gasteiger partial charge in [0.1, 0.15) is 5.75 Å². The summed E-state index contributed by atoms with van der Waals surface area (Å²) >= 11 is 0. The normalized spacial score (nSPS) is 11.0. The van der Waals surface area contributed by atoms with Crippen molar-refractivity contribution in [2.75, 3.05) is 7.11 Å². The van der Waals surface area contributed by atoms with Gasteiger partial charge in [0.15, 0.2) is 0 Å². The van der Waals surface area contributed by atoms with Crippen molar-refractivity contribution in [3.05, 3.63) is 65.2 Å². The topological polar surface area (TPSA) is 52.6 Å². The third-order valence-electron chi connectivity index (χ3n) is 3.50. The first-order valence-electron chi connectivity index (χ1n) is 7.32. The van der Waals surface area contributed by atoms with Crippen LogP contribution in [-0.2, 0) is 10.2 Å². The Bertz CT molecular complexity index is 692. The third-order valence-corrected chi connectivity index (χ3v) is 3.50. The summed E-state index contributed by atoms with van der Waals surface area (Å²) in [6.07, 6.45) is 0. The third kappa shape index (κ3) is 4.19. The lowest BCUT2D eigenvalue weighted by Crippen LogP contribution is -2.14. The molecule has 0 aromatic heterocycles. The highest BCUT2D eigenvalue weighted by Gasteiger charge is 2.17. The Hall–Kier alpha value is -2.62. The van der Waals surface area contributed by atoms with Gasteiger partial charge in [0.05, 0.1) is 18.2 Å². The smallest absolute Gasteiger partial charge is 0.346 e. The van der Waals surface area contributed by atoms with Gasteiger partial charge < -0.3 is 9.47 Å². The van der Waals surface area contributed by atoms with Crippen molar-refractivity contribution in [3.8, 4) is 5.75 Å². The summed E-state index contributed by atoms with van der Waals surface area (Å²) in [7, 11) is 1.54. The Morgan fingerprint density at radius 3 is 1.61 bits per heavy atom. The van der Waals surface area contributed by atoms with Crippen LogP contribution in [0.1, 0.15) is 47.1 Å². The number of hydrogen-bond acceptors (Lipinski definition) is 4. The van der Waals surface area contributed by atoms with Crippen molar-refractivity contribution < 1.29 is 19.1 Å². The van der Waals surface area contributed by atoms with Crippen LogP contribution in [0.5, 0.6) is 5.75 Å². The predicted molar refractivity (Wildman–Crippen MR) is 87.9 cm³/mol. The number of carbonyl (C=O) groups is 2. The molecule has 0 saturated heterocycles. The van der Waals surface area contributed by atoms with Crippen LogP contribution in [0.2, 0.25) is 0 Å². The summed E-state index contributed by atoms with van der Waals surface area (Å²) in [5.74, 6) is -0.713. The van der Waals surface area contributed by atoms with E-state index in [1.807, 2.05) is 12.1 Å². The molecule has 23 heavy (non-hydrogen) atoms. The SMILES string of the molecule is COc1ccc(C(=O)OC(=O)c2ccc(C(C)(C)C)cc2)cc1. The van der Waals surface area contributed by atoms with Crippen molar-refractivity contribution in [1.82, 2.24) is 0 Å². The van der Waals surface area contributed by atoms with E-state index < -0.39 is 11.9 Å². The fourth-order valence-corrected chi connectivity index (χ4v) is 2.04. The Morgan fingerprint density at radius 2 is 1.22 bits per heavy atom. The molecule has 0 atom stereocenters. The second kappa shape index (κ2) is 6.65. The molecule has 2 aromatic carbocycles. The highest BCUT2D eigenvalue weighted by atomic mass is 16.6. The van der Waals surface area contributed by atoms with Gasteiger partial charge in [-0.2, -0.15) is 0 Å². The molecule has 0 aliphatic carbocycles. The Kier molecular flexibility index (Phi) is 4.84. The molecule has 2 rings (SSSR count). The van der Waals surface area contributed by atoms with Gasteiger partial charge in [-0.1, -0.05) is 32.9 Å². The van der Waals surface area contributed by atoms with Gasteiger partial charge in [-0.3, -0.25) is 0 Å². The Balaban J connectivity index is 2.07. The first kappa shape index (κ1) is 16.7. The van der Waals surface area contributed by atoms with Crippen LogP contribution in [0.3, 0.4) is 0 Å². The molecule has 0 heterocycles. The molecule has 4 heteroatoms. The molecule has 2 aromatic rings. The molecule has 0 fully saturated rings. The maximum Gasteiger partial charge on any atom is 0.346 e. The molecule has 0 amide bonds. The van der Waals surface area contributed by atoms with Crippen molar-refractivity contribution in [3.63, 3.8) is 0 Å². The number of benzene rings is 2. The van der Waals surface area contributed by atoms with Crippen LogP contribution in [0.25, 0.3) is 0 Å². The highest BCUT2D eigenvalue weighted by molar-refractivity contribution is 6.02. The molecule has 0 unspecified atom stereocenters. The number of rotatable bonds is 3. The molecule has 0 N–H and O–H groups in total. The minimum Gasteiger partial charge on any atom is -0.497 e. The van der Waals surface area contributed by atoms with E-state index in [1.165, 1.54) is 7.11 Å². The van der Waals surface area contributed by atoms with E-state index in [9.17, 15) is 9.59 Å². The molecular formula is C19H20O4. The molecule has 0 aliphatic heterocycles. The van der Waals surface area contributed by atoms with Crippen molar-refractivity contribution in [2.45, 2.75) is 26.2 Å². The van der Waals surface area contributed by atoms with Crippen molar-refractivity contribution >= 4 is 11.9 Å². The van der Waals surface area contributed by atoms with E-state index in [4.69, 9.17) is 9.47 Å². The summed E-state index contributed by atoms with van der Waals surface area (Å²) in [4.78, 5) is 24.0. The zero-order chi connectivity index (χ0) is 17.0. The number of esters is 2. The first-order chi connectivity index (χ1) is 10.8. The lowest BCUT2D eigenvalue weighted by atomic mass is 9.87. The lowest BCUT2D eigenvalue weighted by Gasteiger charge is -2.18. The minimum atomic E-state index is -0.683. The second-order valence-corrected chi connectivity index (χ2v) is 6.23. The molecule has 0 radical (unpaired) electrons. The fourth-order valence-electron chi connectivity index (χ4n) is 2.04. The lowest BCUT2D eigenvalue weighted by molar-refractivity contribution is 0.0397. The van der Waals surface area contributed by atoms with Gasteiger partial charge in [-0.15, -0.1) is 0 Å². The second-order valence-electron chi connectivity index (χ2n) is 6.23. The zero-order valence-corrected chi connectivity index (χ0v) is 13.8. The fraction of sp³-hybridized carbons (Fsp3) is 0.263. The summed E-state index contributed by atoms with van der Waals surface area (Å²) < 4.78 is 9.92. The summed E-state index contributed by atoms with van der Waals surface area (Å²) in [5, 5.41) is 0. The average Bonchev–Trinajstić information content (AvgIpc) is 2.54. The van der Waals surface area contributed by atoms with Crippen molar-refractivity contribution in [2.24, 2.45) is 0 Å². The average molecular weight is 312 g/mol. The maximum absolute atomic E-state index is 12.0. The quantitative estimate of drug-likeness (QED) is 0.635. The van der Waals surface area contributed by atoms with Crippen LogP contribution in [0.15, 0.2) is 48.5 Å². The van der Waals surface area contributed by atoms with Crippen LogP contribution >= 0.6 is 0 Å². The molecule has 0 saturated carbocycles. The summed E-state index contributed by atoms with van der Waals surface area (Å²) in [6, 6.07) is 13.5. The van der Waals surface area contributed by atoms with Gasteiger partial charge in [-0.25, -0.2) is 9.59 Å². The van der Waals surface area contributed by atoms with E-state index >= 15 is 0 Å². The van der Waals surface area contributed by atoms with Gasteiger partial charge in [0, 0.05) is 0 Å². The Labute approximate surface area is 136 Å². The number of ether oxygens (including phenoxy) is 2. The molecule has 0 spiro atoms.